The van der Waals surface area contributed by atoms with Crippen molar-refractivity contribution in [1.82, 2.24) is 0 Å². The van der Waals surface area contributed by atoms with Gasteiger partial charge in [0.25, 0.3) is 11.8 Å². The monoisotopic (exact) mass is 514 g/mol. The molecule has 1 aromatic heterocycles. The fourth-order valence-electron chi connectivity index (χ4n) is 3.42. The van der Waals surface area contributed by atoms with Crippen LogP contribution in [0.2, 0.25) is 0 Å². The van der Waals surface area contributed by atoms with Crippen molar-refractivity contribution >= 4 is 39.8 Å². The summed E-state index contributed by atoms with van der Waals surface area (Å²) in [4.78, 5) is 38.9. The molecule has 10 nitrogen and oxygen atoms in total. The van der Waals surface area contributed by atoms with Crippen LogP contribution in [0.5, 0.6) is 23.0 Å². The largest absolute Gasteiger partial charge is 0.497 e. The van der Waals surface area contributed by atoms with E-state index in [4.69, 9.17) is 23.7 Å². The molecule has 0 radical (unpaired) electrons. The first kappa shape index (κ1) is 26.4. The minimum Gasteiger partial charge on any atom is -0.497 e. The molecule has 36 heavy (non-hydrogen) atoms. The molecule has 0 atom stereocenters. The van der Waals surface area contributed by atoms with Crippen LogP contribution in [0.25, 0.3) is 0 Å². The number of hydrogen-bond donors (Lipinski definition) is 2. The van der Waals surface area contributed by atoms with E-state index < -0.39 is 17.8 Å². The molecule has 0 fully saturated rings. The van der Waals surface area contributed by atoms with Gasteiger partial charge in [-0.25, -0.2) is 4.79 Å². The van der Waals surface area contributed by atoms with Gasteiger partial charge in [-0.15, -0.1) is 11.3 Å². The van der Waals surface area contributed by atoms with E-state index in [9.17, 15) is 14.4 Å². The summed E-state index contributed by atoms with van der Waals surface area (Å²) in [5.74, 6) is -0.133. The van der Waals surface area contributed by atoms with Crippen LogP contribution >= 0.6 is 11.3 Å². The highest BCUT2D eigenvalue weighted by Crippen LogP contribution is 2.39. The molecular weight excluding hydrogens is 488 g/mol. The Labute approximate surface area is 212 Å². The van der Waals surface area contributed by atoms with Crippen molar-refractivity contribution in [2.75, 3.05) is 46.2 Å². The first-order chi connectivity index (χ1) is 17.3. The van der Waals surface area contributed by atoms with E-state index in [0.29, 0.717) is 22.7 Å². The van der Waals surface area contributed by atoms with Gasteiger partial charge in [-0.1, -0.05) is 0 Å². The van der Waals surface area contributed by atoms with E-state index in [1.165, 1.54) is 40.6 Å². The topological polar surface area (TPSA) is 121 Å². The van der Waals surface area contributed by atoms with Crippen molar-refractivity contribution in [3.8, 4) is 23.0 Å². The fraction of sp³-hybridized carbons (Fsp3) is 0.240. The summed E-state index contributed by atoms with van der Waals surface area (Å²) in [7, 11) is 7.09. The maximum absolute atomic E-state index is 13.1. The van der Waals surface area contributed by atoms with Gasteiger partial charge < -0.3 is 34.3 Å². The van der Waals surface area contributed by atoms with Crippen molar-refractivity contribution in [3.05, 3.63) is 58.0 Å². The molecule has 11 heteroatoms. The number of carbonyl (C=O) groups is 3. The van der Waals surface area contributed by atoms with Gasteiger partial charge in [0, 0.05) is 11.3 Å². The fourth-order valence-corrected chi connectivity index (χ4v) is 4.50. The molecule has 2 aromatic carbocycles. The predicted octanol–water partition coefficient (Wildman–Crippen LogP) is 4.38. The quantitative estimate of drug-likeness (QED) is 0.404. The minimum atomic E-state index is -0.688. The predicted molar refractivity (Wildman–Crippen MR) is 135 cm³/mol. The number of esters is 1. The molecule has 3 aromatic rings. The Kier molecular flexibility index (Phi) is 8.38. The van der Waals surface area contributed by atoms with Crippen LogP contribution in [-0.4, -0.2) is 53.3 Å². The van der Waals surface area contributed by atoms with Gasteiger partial charge in [0.1, 0.15) is 10.8 Å². The number of thiophene rings is 1. The lowest BCUT2D eigenvalue weighted by molar-refractivity contribution is 0.0601. The van der Waals surface area contributed by atoms with Crippen molar-refractivity contribution in [2.24, 2.45) is 0 Å². The summed E-state index contributed by atoms with van der Waals surface area (Å²) in [6.45, 7) is 1.61. The molecule has 2 N–H and O–H groups in total. The van der Waals surface area contributed by atoms with Crippen LogP contribution < -0.4 is 29.6 Å². The van der Waals surface area contributed by atoms with Crippen LogP contribution in [0.4, 0.5) is 10.7 Å². The Morgan fingerprint density at radius 3 is 1.89 bits per heavy atom. The Balaban J connectivity index is 1.95. The molecule has 190 valence electrons. The molecule has 0 aliphatic carbocycles. The average Bonchev–Trinajstić information content (AvgIpc) is 3.22. The van der Waals surface area contributed by atoms with Gasteiger partial charge in [0.2, 0.25) is 5.75 Å². The van der Waals surface area contributed by atoms with Gasteiger partial charge in [0.05, 0.1) is 46.0 Å². The highest BCUT2D eigenvalue weighted by Gasteiger charge is 2.27. The lowest BCUT2D eigenvalue weighted by Gasteiger charge is -2.14. The van der Waals surface area contributed by atoms with E-state index in [-0.39, 0.29) is 32.5 Å². The lowest BCUT2D eigenvalue weighted by Crippen LogP contribution is -2.15. The maximum atomic E-state index is 13.1. The zero-order valence-electron chi connectivity index (χ0n) is 20.6. The van der Waals surface area contributed by atoms with Crippen LogP contribution in [0.1, 0.15) is 36.0 Å². The molecule has 0 aliphatic heterocycles. The van der Waals surface area contributed by atoms with E-state index in [0.717, 1.165) is 11.3 Å². The van der Waals surface area contributed by atoms with Crippen LogP contribution in [-0.2, 0) is 4.74 Å². The summed E-state index contributed by atoms with van der Waals surface area (Å²) in [5.41, 5.74) is 1.19. The first-order valence-electron chi connectivity index (χ1n) is 10.6. The van der Waals surface area contributed by atoms with Crippen LogP contribution in [0, 0.1) is 6.92 Å². The van der Waals surface area contributed by atoms with Crippen molar-refractivity contribution < 1.29 is 38.1 Å². The van der Waals surface area contributed by atoms with Crippen molar-refractivity contribution in [2.45, 2.75) is 6.92 Å². The van der Waals surface area contributed by atoms with Gasteiger partial charge in [-0.05, 0) is 48.9 Å². The minimum absolute atomic E-state index is 0.0863. The van der Waals surface area contributed by atoms with Gasteiger partial charge in [-0.3, -0.25) is 9.59 Å². The maximum Gasteiger partial charge on any atom is 0.341 e. The zero-order chi connectivity index (χ0) is 26.4. The van der Waals surface area contributed by atoms with E-state index >= 15 is 0 Å². The lowest BCUT2D eigenvalue weighted by atomic mass is 10.1. The molecule has 0 bridgehead atoms. The Bertz CT molecular complexity index is 1260. The second-order valence-electron chi connectivity index (χ2n) is 7.30. The third kappa shape index (κ3) is 5.36. The highest BCUT2D eigenvalue weighted by atomic mass is 32.1. The molecule has 0 unspecified atom stereocenters. The molecule has 2 amide bonds. The van der Waals surface area contributed by atoms with Crippen LogP contribution in [0.3, 0.4) is 0 Å². The number of amides is 2. The summed E-state index contributed by atoms with van der Waals surface area (Å²) in [6, 6.07) is 9.75. The van der Waals surface area contributed by atoms with Gasteiger partial charge >= 0.3 is 5.97 Å². The smallest absolute Gasteiger partial charge is 0.341 e. The standard InChI is InChI=1S/C25H26N2O8S/c1-13-19(25(30)35-6)24(36-21(13)23(29)26-15-7-9-16(31-2)10-8-15)27-22(28)14-11-17(32-3)20(34-5)18(12-14)33-4/h7-12H,1-6H3,(H,26,29)(H,27,28). The second-order valence-corrected chi connectivity index (χ2v) is 8.32. The third-order valence-corrected chi connectivity index (χ3v) is 6.45. The Morgan fingerprint density at radius 1 is 0.778 bits per heavy atom. The molecule has 0 saturated heterocycles. The normalized spacial score (nSPS) is 10.3. The first-order valence-corrected chi connectivity index (χ1v) is 11.4. The number of carbonyl (C=O) groups excluding carboxylic acids is 3. The molecule has 0 spiro atoms. The van der Waals surface area contributed by atoms with E-state index in [1.54, 1.807) is 38.3 Å². The number of rotatable bonds is 9. The summed E-state index contributed by atoms with van der Waals surface area (Å²) in [6.07, 6.45) is 0. The zero-order valence-corrected chi connectivity index (χ0v) is 21.5. The number of anilines is 2. The Morgan fingerprint density at radius 2 is 1.39 bits per heavy atom. The molecule has 0 aliphatic rings. The molecule has 0 saturated carbocycles. The van der Waals surface area contributed by atoms with Gasteiger partial charge in [0.15, 0.2) is 11.5 Å². The molecular formula is C25H26N2O8S. The van der Waals surface area contributed by atoms with E-state index in [1.807, 2.05) is 0 Å². The number of benzene rings is 2. The SMILES string of the molecule is COC(=O)c1c(NC(=O)c2cc(OC)c(OC)c(OC)c2)sc(C(=O)Nc2ccc(OC)cc2)c1C. The summed E-state index contributed by atoms with van der Waals surface area (Å²) < 4.78 is 25.9. The third-order valence-electron chi connectivity index (χ3n) is 5.24. The Hall–Kier alpha value is -4.25. The average molecular weight is 515 g/mol. The summed E-state index contributed by atoms with van der Waals surface area (Å²) >= 11 is 0.959. The number of nitrogens with one attached hydrogen (secondary N) is 2. The summed E-state index contributed by atoms with van der Waals surface area (Å²) in [5, 5.41) is 5.65. The molecule has 3 rings (SSSR count). The second kappa shape index (κ2) is 11.5. The number of ether oxygens (including phenoxy) is 5. The van der Waals surface area contributed by atoms with Crippen molar-refractivity contribution in [3.63, 3.8) is 0 Å². The molecule has 1 heterocycles. The van der Waals surface area contributed by atoms with E-state index in [2.05, 4.69) is 10.6 Å². The number of methoxy groups -OCH3 is 5. The van der Waals surface area contributed by atoms with Crippen LogP contribution in [0.15, 0.2) is 36.4 Å². The number of hydrogen-bond acceptors (Lipinski definition) is 9. The van der Waals surface area contributed by atoms with Crippen molar-refractivity contribution in [1.29, 1.82) is 0 Å². The highest BCUT2D eigenvalue weighted by molar-refractivity contribution is 7.19. The van der Waals surface area contributed by atoms with Gasteiger partial charge in [-0.2, -0.15) is 0 Å².